The summed E-state index contributed by atoms with van der Waals surface area (Å²) in [5.41, 5.74) is -3.13. The van der Waals surface area contributed by atoms with Crippen molar-refractivity contribution in [2.75, 3.05) is 13.7 Å². The maximum Gasteiger partial charge on any atom is 0.430 e. The highest BCUT2D eigenvalue weighted by molar-refractivity contribution is 5.88. The van der Waals surface area contributed by atoms with Crippen LogP contribution in [0.5, 0.6) is 0 Å². The van der Waals surface area contributed by atoms with Gasteiger partial charge in [-0.05, 0) is 25.2 Å². The third-order valence-electron chi connectivity index (χ3n) is 4.57. The molecule has 0 bridgehead atoms. The monoisotopic (exact) mass is 343 g/mol. The number of alkyl halides is 3. The molecule has 2 atom stereocenters. The molecule has 0 saturated carbocycles. The first-order valence-electron chi connectivity index (χ1n) is 8.22. The van der Waals surface area contributed by atoms with E-state index in [1.165, 1.54) is 29.2 Å². The zero-order valence-electron chi connectivity index (χ0n) is 14.3. The molecule has 0 aliphatic carbocycles. The van der Waals surface area contributed by atoms with Gasteiger partial charge >= 0.3 is 6.18 Å². The van der Waals surface area contributed by atoms with Gasteiger partial charge in [0.15, 0.2) is 0 Å². The second kappa shape index (κ2) is 7.13. The van der Waals surface area contributed by atoms with Crippen LogP contribution in [0.2, 0.25) is 0 Å². The lowest BCUT2D eigenvalue weighted by Gasteiger charge is -2.38. The van der Waals surface area contributed by atoms with Crippen molar-refractivity contribution in [1.82, 2.24) is 4.90 Å². The topological polar surface area (TPSA) is 29.5 Å². The molecule has 1 aromatic carbocycles. The highest BCUT2D eigenvalue weighted by Crippen LogP contribution is 2.44. The molecule has 2 rings (SSSR count). The lowest BCUT2D eigenvalue weighted by molar-refractivity contribution is -0.270. The fourth-order valence-electron chi connectivity index (χ4n) is 3.50. The number of hydrogen-bond donors (Lipinski definition) is 0. The SMILES string of the molecule is CO[C@](C(=O)N1CCC[C@@H]1CC(C)C)(c1ccccc1)C(F)(F)F. The van der Waals surface area contributed by atoms with Crippen molar-refractivity contribution in [1.29, 1.82) is 0 Å². The molecule has 1 heterocycles. The van der Waals surface area contributed by atoms with Gasteiger partial charge in [-0.1, -0.05) is 44.2 Å². The number of likely N-dealkylation sites (tertiary alicyclic amines) is 1. The first-order valence-corrected chi connectivity index (χ1v) is 8.22. The van der Waals surface area contributed by atoms with Gasteiger partial charge in [-0.2, -0.15) is 13.2 Å². The molecule has 3 nitrogen and oxygen atoms in total. The van der Waals surface area contributed by atoms with E-state index in [-0.39, 0.29) is 11.6 Å². The summed E-state index contributed by atoms with van der Waals surface area (Å²) in [6, 6.07) is 7.00. The van der Waals surface area contributed by atoms with E-state index in [0.717, 1.165) is 20.0 Å². The van der Waals surface area contributed by atoms with Crippen LogP contribution in [0.3, 0.4) is 0 Å². The van der Waals surface area contributed by atoms with E-state index in [9.17, 15) is 18.0 Å². The quantitative estimate of drug-likeness (QED) is 0.805. The first kappa shape index (κ1) is 18.8. The molecular weight excluding hydrogens is 319 g/mol. The van der Waals surface area contributed by atoms with Crippen molar-refractivity contribution in [3.05, 3.63) is 35.9 Å². The molecule has 0 radical (unpaired) electrons. The molecule has 1 fully saturated rings. The minimum absolute atomic E-state index is 0.168. The number of hydrogen-bond acceptors (Lipinski definition) is 2. The summed E-state index contributed by atoms with van der Waals surface area (Å²) in [4.78, 5) is 14.4. The number of methoxy groups -OCH3 is 1. The molecule has 0 N–H and O–H groups in total. The Morgan fingerprint density at radius 1 is 1.29 bits per heavy atom. The molecule has 1 aliphatic rings. The molecule has 1 saturated heterocycles. The van der Waals surface area contributed by atoms with Crippen molar-refractivity contribution in [2.45, 2.75) is 50.9 Å². The van der Waals surface area contributed by atoms with Crippen LogP contribution in [0.4, 0.5) is 13.2 Å². The summed E-state index contributed by atoms with van der Waals surface area (Å²) in [6.07, 6.45) is -2.70. The maximum absolute atomic E-state index is 14.0. The Morgan fingerprint density at radius 2 is 1.92 bits per heavy atom. The Kier molecular flexibility index (Phi) is 5.58. The Labute approximate surface area is 140 Å². The van der Waals surface area contributed by atoms with Crippen LogP contribution in [0.15, 0.2) is 30.3 Å². The Balaban J connectivity index is 2.46. The second-order valence-electron chi connectivity index (χ2n) is 6.67. The standard InChI is InChI=1S/C18H24F3NO2/c1-13(2)12-15-10-7-11-22(15)16(23)17(24-3,18(19,20)21)14-8-5-4-6-9-14/h4-6,8-9,13,15H,7,10-12H2,1-3H3/t15-,17+/m1/s1. The molecule has 134 valence electrons. The number of carbonyl (C=O) groups excluding carboxylic acids is 1. The van der Waals surface area contributed by atoms with Gasteiger partial charge in [0.2, 0.25) is 0 Å². The predicted octanol–water partition coefficient (Wildman–Crippen LogP) is 4.13. The molecule has 1 aromatic rings. The van der Waals surface area contributed by atoms with Gasteiger partial charge in [-0.3, -0.25) is 4.79 Å². The second-order valence-corrected chi connectivity index (χ2v) is 6.67. The molecule has 6 heteroatoms. The molecular formula is C18H24F3NO2. The van der Waals surface area contributed by atoms with E-state index in [1.54, 1.807) is 6.07 Å². The van der Waals surface area contributed by atoms with Gasteiger partial charge < -0.3 is 9.64 Å². The van der Waals surface area contributed by atoms with Crippen LogP contribution in [-0.4, -0.2) is 36.7 Å². The zero-order valence-corrected chi connectivity index (χ0v) is 14.3. The van der Waals surface area contributed by atoms with E-state index in [4.69, 9.17) is 4.74 Å². The average Bonchev–Trinajstić information content (AvgIpc) is 2.95. The number of rotatable bonds is 5. The maximum atomic E-state index is 14.0. The number of benzene rings is 1. The highest BCUT2D eigenvalue weighted by atomic mass is 19.4. The van der Waals surface area contributed by atoms with E-state index < -0.39 is 17.7 Å². The number of ether oxygens (including phenoxy) is 1. The molecule has 0 unspecified atom stereocenters. The Hall–Kier alpha value is -1.56. The smallest absolute Gasteiger partial charge is 0.356 e. The van der Waals surface area contributed by atoms with E-state index in [0.29, 0.717) is 18.9 Å². The Bertz CT molecular complexity index is 559. The van der Waals surface area contributed by atoms with Gasteiger partial charge in [0.05, 0.1) is 0 Å². The van der Waals surface area contributed by atoms with Gasteiger partial charge in [0, 0.05) is 25.3 Å². The molecule has 24 heavy (non-hydrogen) atoms. The third-order valence-corrected chi connectivity index (χ3v) is 4.57. The van der Waals surface area contributed by atoms with Crippen LogP contribution in [0.1, 0.15) is 38.7 Å². The van der Waals surface area contributed by atoms with E-state index in [2.05, 4.69) is 0 Å². The summed E-state index contributed by atoms with van der Waals surface area (Å²) in [5.74, 6) is -0.699. The molecule has 0 spiro atoms. The van der Waals surface area contributed by atoms with Crippen molar-refractivity contribution >= 4 is 5.91 Å². The van der Waals surface area contributed by atoms with Gasteiger partial charge in [0.25, 0.3) is 11.5 Å². The lowest BCUT2D eigenvalue weighted by Crippen LogP contribution is -2.57. The van der Waals surface area contributed by atoms with Crippen molar-refractivity contribution < 1.29 is 22.7 Å². The van der Waals surface area contributed by atoms with Crippen LogP contribution >= 0.6 is 0 Å². The molecule has 0 aromatic heterocycles. The summed E-state index contributed by atoms with van der Waals surface area (Å²) < 4.78 is 46.8. The number of halogens is 3. The predicted molar refractivity (Wildman–Crippen MR) is 85.4 cm³/mol. The largest absolute Gasteiger partial charge is 0.430 e. The Morgan fingerprint density at radius 3 is 2.42 bits per heavy atom. The molecule has 1 amide bonds. The van der Waals surface area contributed by atoms with Crippen molar-refractivity contribution in [2.24, 2.45) is 5.92 Å². The van der Waals surface area contributed by atoms with Gasteiger partial charge in [0.1, 0.15) is 0 Å². The zero-order chi connectivity index (χ0) is 18.0. The van der Waals surface area contributed by atoms with Crippen LogP contribution < -0.4 is 0 Å². The highest BCUT2D eigenvalue weighted by Gasteiger charge is 2.64. The first-order chi connectivity index (χ1) is 11.2. The van der Waals surface area contributed by atoms with Gasteiger partial charge in [-0.25, -0.2) is 0 Å². The van der Waals surface area contributed by atoms with Crippen molar-refractivity contribution in [3.8, 4) is 0 Å². The van der Waals surface area contributed by atoms with Gasteiger partial charge in [-0.15, -0.1) is 0 Å². The third kappa shape index (κ3) is 3.29. The normalized spacial score (nSPS) is 21.1. The summed E-state index contributed by atoms with van der Waals surface area (Å²) >= 11 is 0. The minimum Gasteiger partial charge on any atom is -0.356 e. The fourth-order valence-corrected chi connectivity index (χ4v) is 3.50. The van der Waals surface area contributed by atoms with Crippen LogP contribution in [0.25, 0.3) is 0 Å². The fraction of sp³-hybridized carbons (Fsp3) is 0.611. The summed E-state index contributed by atoms with van der Waals surface area (Å²) in [5, 5.41) is 0. The summed E-state index contributed by atoms with van der Waals surface area (Å²) in [7, 11) is 0.950. The van der Waals surface area contributed by atoms with E-state index in [1.807, 2.05) is 13.8 Å². The number of amides is 1. The number of nitrogens with zero attached hydrogens (tertiary/aromatic N) is 1. The van der Waals surface area contributed by atoms with Crippen molar-refractivity contribution in [3.63, 3.8) is 0 Å². The lowest BCUT2D eigenvalue weighted by atomic mass is 9.90. The number of carbonyl (C=O) groups is 1. The average molecular weight is 343 g/mol. The summed E-state index contributed by atoms with van der Waals surface area (Å²) in [6.45, 7) is 4.35. The molecule has 1 aliphatic heterocycles. The minimum atomic E-state index is -4.84. The van der Waals surface area contributed by atoms with Crippen LogP contribution in [-0.2, 0) is 15.1 Å². The van der Waals surface area contributed by atoms with Crippen LogP contribution in [0, 0.1) is 5.92 Å². The van der Waals surface area contributed by atoms with E-state index >= 15 is 0 Å².